The number of piperidine rings is 1. The van der Waals surface area contributed by atoms with E-state index >= 15 is 0 Å². The highest BCUT2D eigenvalue weighted by atomic mass is 19.4. The first-order chi connectivity index (χ1) is 22.6. The van der Waals surface area contributed by atoms with Crippen LogP contribution in [0.4, 0.5) is 18.9 Å². The average Bonchev–Trinajstić information content (AvgIpc) is 3.62. The topological polar surface area (TPSA) is 98.5 Å². The molecule has 11 nitrogen and oxygen atoms in total. The number of amides is 2. The highest BCUT2D eigenvalue weighted by molar-refractivity contribution is 6.02. The molecule has 2 aromatic carbocycles. The van der Waals surface area contributed by atoms with E-state index in [0.717, 1.165) is 47.2 Å². The number of quaternary nitrogens is 1. The third-order valence-corrected chi connectivity index (χ3v) is 8.93. The second kappa shape index (κ2) is 13.2. The van der Waals surface area contributed by atoms with Crippen molar-refractivity contribution in [1.82, 2.24) is 29.4 Å². The number of halogens is 3. The number of hydrogen-bond acceptors (Lipinski definition) is 4. The Balaban J connectivity index is 1.53. The number of hydrogen-bond donors (Lipinski definition) is 1. The molecule has 5 rings (SSSR count). The number of aromatic nitrogens is 4. The molecule has 0 aliphatic carbocycles. The van der Waals surface area contributed by atoms with E-state index in [1.165, 1.54) is 41.7 Å². The van der Waals surface area contributed by atoms with Gasteiger partial charge in [-0.05, 0) is 49.2 Å². The van der Waals surface area contributed by atoms with Gasteiger partial charge in [0.1, 0.15) is 17.3 Å². The van der Waals surface area contributed by atoms with Crippen LogP contribution in [0.25, 0.3) is 27.6 Å². The van der Waals surface area contributed by atoms with E-state index in [9.17, 15) is 27.6 Å². The lowest BCUT2D eigenvalue weighted by Crippen LogP contribution is -2.50. The van der Waals surface area contributed by atoms with Gasteiger partial charge in [-0.3, -0.25) is 19.1 Å². The largest absolute Gasteiger partial charge is 0.416 e. The van der Waals surface area contributed by atoms with Gasteiger partial charge in [-0.15, -0.1) is 0 Å². The molecule has 0 radical (unpaired) electrons. The van der Waals surface area contributed by atoms with Crippen LogP contribution in [0.1, 0.15) is 35.7 Å². The molecule has 1 saturated heterocycles. The van der Waals surface area contributed by atoms with Crippen LogP contribution >= 0.6 is 0 Å². The van der Waals surface area contributed by atoms with Gasteiger partial charge in [0.15, 0.2) is 5.69 Å². The Hall–Kier alpha value is -5.16. The second-order valence-electron chi connectivity index (χ2n) is 12.9. The minimum absolute atomic E-state index is 0.0672. The molecule has 1 N–H and O–H groups in total. The summed E-state index contributed by atoms with van der Waals surface area (Å²) in [5, 5.41) is 7.04. The molecule has 1 fully saturated rings. The smallest absolute Gasteiger partial charge is 0.344 e. The maximum atomic E-state index is 14.1. The third-order valence-electron chi connectivity index (χ3n) is 8.93. The van der Waals surface area contributed by atoms with Crippen molar-refractivity contribution in [2.45, 2.75) is 32.0 Å². The monoisotopic (exact) mass is 663 g/mol. The molecule has 0 spiro atoms. The number of benzene rings is 2. The zero-order valence-corrected chi connectivity index (χ0v) is 27.5. The van der Waals surface area contributed by atoms with Crippen LogP contribution in [0.3, 0.4) is 0 Å². The molecule has 252 valence electrons. The van der Waals surface area contributed by atoms with Crippen LogP contribution in [0.15, 0.2) is 65.6 Å². The molecule has 48 heavy (non-hydrogen) atoms. The molecule has 2 aromatic heterocycles. The van der Waals surface area contributed by atoms with Crippen molar-refractivity contribution < 1.29 is 27.2 Å². The van der Waals surface area contributed by atoms with Crippen LogP contribution in [-0.4, -0.2) is 87.2 Å². The summed E-state index contributed by atoms with van der Waals surface area (Å²) in [6.45, 7) is 11.3. The molecule has 0 unspecified atom stereocenters. The summed E-state index contributed by atoms with van der Waals surface area (Å²) in [6, 6.07) is 11.3. The molecule has 14 heteroatoms. The van der Waals surface area contributed by atoms with E-state index in [1.807, 2.05) is 0 Å². The number of rotatable bonds is 8. The van der Waals surface area contributed by atoms with Gasteiger partial charge in [-0.2, -0.15) is 18.3 Å². The molecule has 1 aliphatic rings. The van der Waals surface area contributed by atoms with Gasteiger partial charge in [-0.25, -0.2) is 14.2 Å². The SMILES string of the molecule is [C-]#[N+]c1ccc(-n2nccc2-c2c(C(=O)N[C@@H](C)C(=O)N(C)CC3CC[N+](C)(C)CC3)c(=O)n(-c3cccc(C(F)(F)F)c3)n2C)cc1. The number of alkyl halides is 3. The molecule has 2 amide bonds. The highest BCUT2D eigenvalue weighted by Gasteiger charge is 2.34. The highest BCUT2D eigenvalue weighted by Crippen LogP contribution is 2.32. The summed E-state index contributed by atoms with van der Waals surface area (Å²) in [7, 11) is 7.51. The van der Waals surface area contributed by atoms with E-state index in [4.69, 9.17) is 6.57 Å². The molecule has 1 aliphatic heterocycles. The lowest BCUT2D eigenvalue weighted by atomic mass is 9.95. The summed E-state index contributed by atoms with van der Waals surface area (Å²) >= 11 is 0. The minimum Gasteiger partial charge on any atom is -0.344 e. The predicted octanol–water partition coefficient (Wildman–Crippen LogP) is 4.66. The van der Waals surface area contributed by atoms with E-state index in [-0.39, 0.29) is 28.5 Å². The van der Waals surface area contributed by atoms with Crippen molar-refractivity contribution in [3.05, 3.63) is 93.7 Å². The molecule has 1 atom stereocenters. The summed E-state index contributed by atoms with van der Waals surface area (Å²) in [5.74, 6) is -0.862. The Labute approximate surface area is 276 Å². The zero-order valence-electron chi connectivity index (χ0n) is 27.5. The standard InChI is InChI=1S/C34H37F3N8O3/c1-22(32(47)41(3)21-23-15-18-45(5,6)19-16-23)40-31(46)29-30(28-14-17-39-43(28)26-12-10-25(38-2)11-13-26)42(4)44(33(29)48)27-9-7-8-24(20-27)34(35,36)37/h7-14,17,20,22-23H,15-16,18-19,21H2,1,3-6H3/p+1/t22-/m0/s1. The summed E-state index contributed by atoms with van der Waals surface area (Å²) in [6.07, 6.45) is -1.26. The van der Waals surface area contributed by atoms with Gasteiger partial charge in [0.05, 0.1) is 62.6 Å². The van der Waals surface area contributed by atoms with Gasteiger partial charge in [0.25, 0.3) is 11.5 Å². The van der Waals surface area contributed by atoms with E-state index in [2.05, 4.69) is 29.4 Å². The van der Waals surface area contributed by atoms with Gasteiger partial charge in [0, 0.05) is 33.5 Å². The number of likely N-dealkylation sites (N-methyl/N-ethyl adjacent to an activating group) is 1. The molecule has 4 aromatic rings. The number of carbonyl (C=O) groups excluding carboxylic acids is 2. The van der Waals surface area contributed by atoms with Gasteiger partial charge in [0.2, 0.25) is 5.91 Å². The fourth-order valence-electron chi connectivity index (χ4n) is 6.21. The Morgan fingerprint density at radius 1 is 1.10 bits per heavy atom. The van der Waals surface area contributed by atoms with E-state index < -0.39 is 29.2 Å². The molecule has 0 saturated carbocycles. The summed E-state index contributed by atoms with van der Waals surface area (Å²) in [4.78, 5) is 46.5. The quantitative estimate of drug-likeness (QED) is 0.219. The lowest BCUT2D eigenvalue weighted by molar-refractivity contribution is -0.896. The van der Waals surface area contributed by atoms with Crippen molar-refractivity contribution in [3.63, 3.8) is 0 Å². The lowest BCUT2D eigenvalue weighted by Gasteiger charge is -2.38. The minimum atomic E-state index is -4.67. The van der Waals surface area contributed by atoms with E-state index in [1.54, 1.807) is 42.3 Å². The molecular formula is C34H38F3N8O3+. The maximum absolute atomic E-state index is 14.1. The molecular weight excluding hydrogens is 625 g/mol. The predicted molar refractivity (Wildman–Crippen MR) is 174 cm³/mol. The van der Waals surface area contributed by atoms with Crippen molar-refractivity contribution in [2.24, 2.45) is 13.0 Å². The normalized spacial score (nSPS) is 15.5. The Kier molecular flexibility index (Phi) is 9.37. The number of nitrogens with one attached hydrogen (secondary N) is 1. The van der Waals surface area contributed by atoms with Crippen LogP contribution < -0.4 is 10.9 Å². The summed E-state index contributed by atoms with van der Waals surface area (Å²) < 4.78 is 45.7. The van der Waals surface area contributed by atoms with Crippen LogP contribution in [0.2, 0.25) is 0 Å². The first kappa shape index (κ1) is 34.2. The van der Waals surface area contributed by atoms with Gasteiger partial charge in [-0.1, -0.05) is 18.2 Å². The molecule has 3 heterocycles. The maximum Gasteiger partial charge on any atom is 0.416 e. The first-order valence-electron chi connectivity index (χ1n) is 15.5. The molecule has 0 bridgehead atoms. The van der Waals surface area contributed by atoms with Crippen LogP contribution in [-0.2, 0) is 18.0 Å². The number of carbonyl (C=O) groups is 2. The fraction of sp³-hybridized carbons (Fsp3) is 0.382. The summed E-state index contributed by atoms with van der Waals surface area (Å²) in [5.41, 5.74) is -1.06. The van der Waals surface area contributed by atoms with Gasteiger partial charge >= 0.3 is 6.18 Å². The Morgan fingerprint density at radius 3 is 2.40 bits per heavy atom. The van der Waals surface area contributed by atoms with E-state index in [0.29, 0.717) is 23.8 Å². The van der Waals surface area contributed by atoms with Gasteiger partial charge < -0.3 is 14.7 Å². The van der Waals surface area contributed by atoms with Crippen molar-refractivity contribution in [3.8, 4) is 22.8 Å². The zero-order chi connectivity index (χ0) is 35.0. The van der Waals surface area contributed by atoms with Crippen molar-refractivity contribution in [1.29, 1.82) is 0 Å². The third kappa shape index (κ3) is 6.91. The number of nitrogens with zero attached hydrogens (tertiary/aromatic N) is 7. The second-order valence-corrected chi connectivity index (χ2v) is 12.9. The Morgan fingerprint density at radius 2 is 1.77 bits per heavy atom. The fourth-order valence-corrected chi connectivity index (χ4v) is 6.21. The van der Waals surface area contributed by atoms with Crippen molar-refractivity contribution in [2.75, 3.05) is 40.8 Å². The van der Waals surface area contributed by atoms with Crippen LogP contribution in [0.5, 0.6) is 0 Å². The number of likely N-dealkylation sites (tertiary alicyclic amines) is 1. The first-order valence-corrected chi connectivity index (χ1v) is 15.5. The average molecular weight is 664 g/mol. The Bertz CT molecular complexity index is 1920. The van der Waals surface area contributed by atoms with Crippen molar-refractivity contribution >= 4 is 17.5 Å². The van der Waals surface area contributed by atoms with Crippen LogP contribution in [0, 0.1) is 12.5 Å².